The molecule has 0 unspecified atom stereocenters. The van der Waals surface area contributed by atoms with Gasteiger partial charge >= 0.3 is 0 Å². The predicted octanol–water partition coefficient (Wildman–Crippen LogP) is 4.07. The number of benzene rings is 2. The standard InChI is InChI=1S/C21H19Cl2NO5/c1-28-10-9-24-18(13-5-8-15(22)16(23)11-13)17(20(26)21(24)27)19(25)12-3-6-14(29-2)7-4-12/h3-8,11,18,25H,9-10H2,1-2H3/t18-/m0/s1. The highest BCUT2D eigenvalue weighted by Gasteiger charge is 2.46. The van der Waals surface area contributed by atoms with E-state index < -0.39 is 17.7 Å². The molecule has 0 bridgehead atoms. The molecule has 1 aliphatic heterocycles. The molecule has 1 amide bonds. The van der Waals surface area contributed by atoms with E-state index in [-0.39, 0.29) is 29.5 Å². The number of likely N-dealkylation sites (tertiary alicyclic amines) is 1. The van der Waals surface area contributed by atoms with Crippen LogP contribution in [0.4, 0.5) is 0 Å². The lowest BCUT2D eigenvalue weighted by molar-refractivity contribution is -0.140. The van der Waals surface area contributed by atoms with E-state index in [1.807, 2.05) is 0 Å². The van der Waals surface area contributed by atoms with Gasteiger partial charge in [0.1, 0.15) is 11.5 Å². The Kier molecular flexibility index (Phi) is 6.47. The normalized spacial score (nSPS) is 18.3. The number of rotatable bonds is 6. The maximum Gasteiger partial charge on any atom is 0.295 e. The number of carbonyl (C=O) groups is 2. The second-order valence-electron chi connectivity index (χ2n) is 6.39. The molecule has 0 spiro atoms. The van der Waals surface area contributed by atoms with E-state index in [0.29, 0.717) is 21.9 Å². The monoisotopic (exact) mass is 435 g/mol. The maximum atomic E-state index is 12.8. The molecule has 152 valence electrons. The fourth-order valence-electron chi connectivity index (χ4n) is 3.23. The summed E-state index contributed by atoms with van der Waals surface area (Å²) in [5.41, 5.74) is 0.931. The summed E-state index contributed by atoms with van der Waals surface area (Å²) in [4.78, 5) is 26.9. The van der Waals surface area contributed by atoms with Gasteiger partial charge in [-0.25, -0.2) is 0 Å². The van der Waals surface area contributed by atoms with Crippen LogP contribution in [0.3, 0.4) is 0 Å². The molecule has 0 saturated carbocycles. The maximum absolute atomic E-state index is 12.8. The van der Waals surface area contributed by atoms with Gasteiger partial charge in [0.15, 0.2) is 0 Å². The Morgan fingerprint density at radius 1 is 1.07 bits per heavy atom. The number of nitrogens with zero attached hydrogens (tertiary/aromatic N) is 1. The van der Waals surface area contributed by atoms with Crippen molar-refractivity contribution in [1.82, 2.24) is 4.90 Å². The van der Waals surface area contributed by atoms with Crippen LogP contribution in [0.1, 0.15) is 17.2 Å². The summed E-state index contributed by atoms with van der Waals surface area (Å²) in [6.45, 7) is 0.402. The molecule has 1 N–H and O–H groups in total. The molecule has 1 heterocycles. The molecular formula is C21H19Cl2NO5. The Balaban J connectivity index is 2.15. The Morgan fingerprint density at radius 3 is 2.34 bits per heavy atom. The van der Waals surface area contributed by atoms with E-state index in [9.17, 15) is 14.7 Å². The number of hydrogen-bond donors (Lipinski definition) is 1. The highest BCUT2D eigenvalue weighted by Crippen LogP contribution is 2.40. The van der Waals surface area contributed by atoms with Crippen LogP contribution >= 0.6 is 23.2 Å². The van der Waals surface area contributed by atoms with Crippen molar-refractivity contribution in [2.24, 2.45) is 0 Å². The number of ether oxygens (including phenoxy) is 2. The van der Waals surface area contributed by atoms with Gasteiger partial charge < -0.3 is 19.5 Å². The Bertz CT molecular complexity index is 972. The molecule has 1 aliphatic rings. The van der Waals surface area contributed by atoms with Crippen LogP contribution in [0.2, 0.25) is 10.0 Å². The largest absolute Gasteiger partial charge is 0.507 e. The third kappa shape index (κ3) is 4.10. The minimum atomic E-state index is -0.818. The van der Waals surface area contributed by atoms with E-state index >= 15 is 0 Å². The average Bonchev–Trinajstić information content (AvgIpc) is 2.98. The Morgan fingerprint density at radius 2 is 1.76 bits per heavy atom. The van der Waals surface area contributed by atoms with Crippen LogP contribution in [0.25, 0.3) is 5.76 Å². The minimum Gasteiger partial charge on any atom is -0.507 e. The average molecular weight is 436 g/mol. The molecule has 8 heteroatoms. The SMILES string of the molecule is COCCN1C(=O)C(=O)C(=C(O)c2ccc(OC)cc2)[C@@H]1c1ccc(Cl)c(Cl)c1. The van der Waals surface area contributed by atoms with Crippen molar-refractivity contribution in [3.05, 3.63) is 69.2 Å². The van der Waals surface area contributed by atoms with Gasteiger partial charge in [-0.05, 0) is 42.0 Å². The molecule has 29 heavy (non-hydrogen) atoms. The summed E-state index contributed by atoms with van der Waals surface area (Å²) in [6, 6.07) is 10.6. The minimum absolute atomic E-state index is 0.0188. The lowest BCUT2D eigenvalue weighted by Crippen LogP contribution is -2.32. The Labute approximate surface area is 178 Å². The van der Waals surface area contributed by atoms with E-state index in [2.05, 4.69) is 0 Å². The van der Waals surface area contributed by atoms with Crippen molar-refractivity contribution in [2.45, 2.75) is 6.04 Å². The zero-order valence-electron chi connectivity index (χ0n) is 15.8. The van der Waals surface area contributed by atoms with E-state index in [0.717, 1.165) is 0 Å². The second kappa shape index (κ2) is 8.86. The summed E-state index contributed by atoms with van der Waals surface area (Å²) < 4.78 is 10.2. The fourth-order valence-corrected chi connectivity index (χ4v) is 3.54. The molecule has 0 radical (unpaired) electrons. The number of hydrogen-bond acceptors (Lipinski definition) is 5. The quantitative estimate of drug-likeness (QED) is 0.420. The van der Waals surface area contributed by atoms with Crippen molar-refractivity contribution >= 4 is 40.7 Å². The van der Waals surface area contributed by atoms with Gasteiger partial charge in [-0.2, -0.15) is 0 Å². The number of halogens is 2. The van der Waals surface area contributed by atoms with Gasteiger partial charge in [0.2, 0.25) is 0 Å². The summed E-state index contributed by atoms with van der Waals surface area (Å²) in [5, 5.41) is 11.5. The summed E-state index contributed by atoms with van der Waals surface area (Å²) in [7, 11) is 3.03. The van der Waals surface area contributed by atoms with E-state index in [1.165, 1.54) is 19.1 Å². The van der Waals surface area contributed by atoms with Gasteiger partial charge in [-0.1, -0.05) is 29.3 Å². The van der Waals surface area contributed by atoms with Crippen molar-refractivity contribution in [3.8, 4) is 5.75 Å². The predicted molar refractivity (Wildman–Crippen MR) is 110 cm³/mol. The van der Waals surface area contributed by atoms with Gasteiger partial charge in [0.05, 0.1) is 35.4 Å². The van der Waals surface area contributed by atoms with Gasteiger partial charge in [0, 0.05) is 19.2 Å². The van der Waals surface area contributed by atoms with E-state index in [1.54, 1.807) is 42.5 Å². The molecule has 3 rings (SSSR count). The first kappa shape index (κ1) is 21.2. The first-order valence-electron chi connectivity index (χ1n) is 8.75. The van der Waals surface area contributed by atoms with Crippen molar-refractivity contribution in [2.75, 3.05) is 27.4 Å². The highest BCUT2D eigenvalue weighted by molar-refractivity contribution is 6.46. The number of carbonyl (C=O) groups excluding carboxylic acids is 2. The van der Waals surface area contributed by atoms with Crippen molar-refractivity contribution < 1.29 is 24.2 Å². The van der Waals surface area contributed by atoms with Crippen LogP contribution in [0, 0.1) is 0 Å². The van der Waals surface area contributed by atoms with Gasteiger partial charge in [0.25, 0.3) is 11.7 Å². The highest BCUT2D eigenvalue weighted by atomic mass is 35.5. The van der Waals surface area contributed by atoms with Crippen molar-refractivity contribution in [1.29, 1.82) is 0 Å². The third-order valence-electron chi connectivity index (χ3n) is 4.70. The topological polar surface area (TPSA) is 76.1 Å². The molecule has 1 saturated heterocycles. The second-order valence-corrected chi connectivity index (χ2v) is 7.20. The van der Waals surface area contributed by atoms with Crippen LogP contribution in [-0.4, -0.2) is 49.1 Å². The summed E-state index contributed by atoms with van der Waals surface area (Å²) >= 11 is 12.2. The number of Topliss-reactive ketones (excluding diaryl/α,β-unsaturated/α-hetero) is 1. The van der Waals surface area contributed by atoms with Crippen LogP contribution in [0.5, 0.6) is 5.75 Å². The number of amides is 1. The first-order valence-corrected chi connectivity index (χ1v) is 9.51. The van der Waals surface area contributed by atoms with Crippen molar-refractivity contribution in [3.63, 3.8) is 0 Å². The molecule has 2 aromatic carbocycles. The van der Waals surface area contributed by atoms with Crippen LogP contribution in [0.15, 0.2) is 48.0 Å². The first-order chi connectivity index (χ1) is 13.9. The lowest BCUT2D eigenvalue weighted by atomic mass is 9.95. The molecule has 1 atom stereocenters. The smallest absolute Gasteiger partial charge is 0.295 e. The molecule has 0 aromatic heterocycles. The van der Waals surface area contributed by atoms with Crippen LogP contribution < -0.4 is 4.74 Å². The number of aliphatic hydroxyl groups is 1. The van der Waals surface area contributed by atoms with Crippen LogP contribution in [-0.2, 0) is 14.3 Å². The number of methoxy groups -OCH3 is 2. The fraction of sp³-hybridized carbons (Fsp3) is 0.238. The molecule has 6 nitrogen and oxygen atoms in total. The number of ketones is 1. The number of aliphatic hydroxyl groups excluding tert-OH is 1. The Hall–Kier alpha value is -2.54. The van der Waals surface area contributed by atoms with Gasteiger partial charge in [-0.3, -0.25) is 9.59 Å². The molecule has 1 fully saturated rings. The molecule has 0 aliphatic carbocycles. The van der Waals surface area contributed by atoms with Gasteiger partial charge in [-0.15, -0.1) is 0 Å². The zero-order chi connectivity index (χ0) is 21.1. The summed E-state index contributed by atoms with van der Waals surface area (Å²) in [6.07, 6.45) is 0. The lowest BCUT2D eigenvalue weighted by Gasteiger charge is -2.25. The zero-order valence-corrected chi connectivity index (χ0v) is 17.3. The molecule has 2 aromatic rings. The van der Waals surface area contributed by atoms with E-state index in [4.69, 9.17) is 32.7 Å². The molecular weight excluding hydrogens is 417 g/mol. The third-order valence-corrected chi connectivity index (χ3v) is 5.44. The summed E-state index contributed by atoms with van der Waals surface area (Å²) in [5.74, 6) is -1.16.